The molecule has 0 bridgehead atoms. The molecule has 0 saturated carbocycles. The highest BCUT2D eigenvalue weighted by Gasteiger charge is 2.04. The van der Waals surface area contributed by atoms with Gasteiger partial charge < -0.3 is 0 Å². The van der Waals surface area contributed by atoms with Crippen LogP contribution in [0.25, 0.3) is 0 Å². The van der Waals surface area contributed by atoms with Crippen molar-refractivity contribution < 1.29 is 19.2 Å². The molecule has 0 saturated heterocycles. The summed E-state index contributed by atoms with van der Waals surface area (Å²) in [5.41, 5.74) is 8.75. The third kappa shape index (κ3) is 10.4. The van der Waals surface area contributed by atoms with Crippen LogP contribution < -0.4 is 21.7 Å². The zero-order valence-corrected chi connectivity index (χ0v) is 10.5. The summed E-state index contributed by atoms with van der Waals surface area (Å²) in [6, 6.07) is 0. The molecule has 0 rings (SSSR count). The molecule has 0 aromatic heterocycles. The fourth-order valence-corrected chi connectivity index (χ4v) is 1.01. The maximum atomic E-state index is 11.1. The first-order valence-electron chi connectivity index (χ1n) is 5.52. The van der Waals surface area contributed by atoms with E-state index in [9.17, 15) is 19.2 Å². The standard InChI is InChI=1S/C10H18N4O4/c1-7(15)11-13-9(17)5-3-4-6-10(18)14-12-8(2)16/h3-6H2,1-2H3,(H,11,15)(H,12,16)(H,13,17)(H,14,18). The van der Waals surface area contributed by atoms with Crippen LogP contribution in [0.5, 0.6) is 0 Å². The van der Waals surface area contributed by atoms with Crippen LogP contribution in [0.1, 0.15) is 39.5 Å². The Morgan fingerprint density at radius 3 is 1.28 bits per heavy atom. The van der Waals surface area contributed by atoms with E-state index >= 15 is 0 Å². The van der Waals surface area contributed by atoms with Crippen molar-refractivity contribution in [2.45, 2.75) is 39.5 Å². The number of rotatable bonds is 5. The number of hydrogen-bond donors (Lipinski definition) is 4. The van der Waals surface area contributed by atoms with Crippen LogP contribution >= 0.6 is 0 Å². The van der Waals surface area contributed by atoms with Gasteiger partial charge in [-0.3, -0.25) is 40.9 Å². The number of unbranched alkanes of at least 4 members (excludes halogenated alkanes) is 1. The van der Waals surface area contributed by atoms with E-state index in [1.807, 2.05) is 0 Å². The van der Waals surface area contributed by atoms with Crippen molar-refractivity contribution in [2.75, 3.05) is 0 Å². The minimum Gasteiger partial charge on any atom is -0.274 e. The first-order chi connectivity index (χ1) is 8.41. The molecule has 4 N–H and O–H groups in total. The summed E-state index contributed by atoms with van der Waals surface area (Å²) in [6.07, 6.45) is 1.46. The van der Waals surface area contributed by atoms with Crippen molar-refractivity contribution in [3.8, 4) is 0 Å². The Bertz CT molecular complexity index is 298. The van der Waals surface area contributed by atoms with Gasteiger partial charge in [-0.25, -0.2) is 0 Å². The van der Waals surface area contributed by atoms with Gasteiger partial charge in [-0.15, -0.1) is 0 Å². The van der Waals surface area contributed by atoms with Gasteiger partial charge in [-0.05, 0) is 12.8 Å². The van der Waals surface area contributed by atoms with Crippen LogP contribution in [-0.2, 0) is 19.2 Å². The molecule has 8 heteroatoms. The van der Waals surface area contributed by atoms with Crippen molar-refractivity contribution in [3.05, 3.63) is 0 Å². The zero-order valence-electron chi connectivity index (χ0n) is 10.5. The van der Waals surface area contributed by atoms with Gasteiger partial charge in [0.2, 0.25) is 23.6 Å². The van der Waals surface area contributed by atoms with E-state index in [-0.39, 0.29) is 36.5 Å². The first-order valence-corrected chi connectivity index (χ1v) is 5.52. The van der Waals surface area contributed by atoms with Crippen molar-refractivity contribution in [2.24, 2.45) is 0 Å². The maximum Gasteiger partial charge on any atom is 0.238 e. The van der Waals surface area contributed by atoms with Crippen LogP contribution in [0.3, 0.4) is 0 Å². The van der Waals surface area contributed by atoms with E-state index in [0.717, 1.165) is 0 Å². The Morgan fingerprint density at radius 1 is 0.667 bits per heavy atom. The van der Waals surface area contributed by atoms with Gasteiger partial charge in [0.1, 0.15) is 0 Å². The monoisotopic (exact) mass is 258 g/mol. The Balaban J connectivity index is 3.49. The number of nitrogens with one attached hydrogen (secondary N) is 4. The summed E-state index contributed by atoms with van der Waals surface area (Å²) in [6.45, 7) is 2.57. The summed E-state index contributed by atoms with van der Waals surface area (Å²) < 4.78 is 0. The molecule has 102 valence electrons. The van der Waals surface area contributed by atoms with Gasteiger partial charge in [0.15, 0.2) is 0 Å². The predicted octanol–water partition coefficient (Wildman–Crippen LogP) is -1.12. The third-order valence-corrected chi connectivity index (χ3v) is 1.81. The van der Waals surface area contributed by atoms with Crippen LogP contribution in [-0.4, -0.2) is 23.6 Å². The van der Waals surface area contributed by atoms with Gasteiger partial charge in [0.25, 0.3) is 0 Å². The van der Waals surface area contributed by atoms with Crippen molar-refractivity contribution >= 4 is 23.6 Å². The van der Waals surface area contributed by atoms with Crippen molar-refractivity contribution in [3.63, 3.8) is 0 Å². The summed E-state index contributed by atoms with van der Waals surface area (Å²) in [7, 11) is 0. The van der Waals surface area contributed by atoms with E-state index < -0.39 is 0 Å². The third-order valence-electron chi connectivity index (χ3n) is 1.81. The largest absolute Gasteiger partial charge is 0.274 e. The van der Waals surface area contributed by atoms with Gasteiger partial charge >= 0.3 is 0 Å². The molecule has 0 fully saturated rings. The molecule has 0 aliphatic rings. The first kappa shape index (κ1) is 15.9. The molecular weight excluding hydrogens is 240 g/mol. The summed E-state index contributed by atoms with van der Waals surface area (Å²) in [5, 5.41) is 0. The van der Waals surface area contributed by atoms with E-state index in [0.29, 0.717) is 12.8 Å². The lowest BCUT2D eigenvalue weighted by Crippen LogP contribution is -2.40. The molecule has 0 atom stereocenters. The maximum absolute atomic E-state index is 11.1. The highest BCUT2D eigenvalue weighted by atomic mass is 16.2. The van der Waals surface area contributed by atoms with Gasteiger partial charge in [0.05, 0.1) is 0 Å². The number of carbonyl (C=O) groups excluding carboxylic acids is 4. The number of carbonyl (C=O) groups is 4. The molecule has 0 spiro atoms. The lowest BCUT2D eigenvalue weighted by Gasteiger charge is -2.06. The molecular formula is C10H18N4O4. The zero-order chi connectivity index (χ0) is 14.0. The molecule has 4 amide bonds. The van der Waals surface area contributed by atoms with E-state index in [1.165, 1.54) is 13.8 Å². The minimum atomic E-state index is -0.349. The topological polar surface area (TPSA) is 116 Å². The number of hydrazine groups is 2. The second-order valence-electron chi connectivity index (χ2n) is 3.67. The van der Waals surface area contributed by atoms with E-state index in [4.69, 9.17) is 0 Å². The molecule has 0 aliphatic heterocycles. The van der Waals surface area contributed by atoms with Gasteiger partial charge in [-0.1, -0.05) is 0 Å². The minimum absolute atomic E-state index is 0.216. The second kappa shape index (κ2) is 8.97. The molecule has 0 aromatic rings. The van der Waals surface area contributed by atoms with Crippen LogP contribution in [0.4, 0.5) is 0 Å². The number of hydrogen-bond acceptors (Lipinski definition) is 4. The quantitative estimate of drug-likeness (QED) is 0.369. The normalized spacial score (nSPS) is 9.22. The van der Waals surface area contributed by atoms with E-state index in [1.54, 1.807) is 0 Å². The SMILES string of the molecule is CC(=O)NNC(=O)CCCCC(=O)NNC(C)=O. The summed E-state index contributed by atoms with van der Waals surface area (Å²) >= 11 is 0. The Morgan fingerprint density at radius 2 is 1.00 bits per heavy atom. The van der Waals surface area contributed by atoms with Gasteiger partial charge in [-0.2, -0.15) is 0 Å². The smallest absolute Gasteiger partial charge is 0.238 e. The highest BCUT2D eigenvalue weighted by Crippen LogP contribution is 1.99. The fraction of sp³-hybridized carbons (Fsp3) is 0.600. The lowest BCUT2D eigenvalue weighted by atomic mass is 10.2. The molecule has 0 unspecified atom stereocenters. The molecule has 8 nitrogen and oxygen atoms in total. The number of amides is 4. The van der Waals surface area contributed by atoms with Crippen LogP contribution in [0.15, 0.2) is 0 Å². The van der Waals surface area contributed by atoms with Crippen LogP contribution in [0.2, 0.25) is 0 Å². The molecule has 0 aromatic carbocycles. The van der Waals surface area contributed by atoms with Gasteiger partial charge in [0, 0.05) is 26.7 Å². The van der Waals surface area contributed by atoms with Crippen LogP contribution in [0, 0.1) is 0 Å². The van der Waals surface area contributed by atoms with E-state index in [2.05, 4.69) is 21.7 Å². The van der Waals surface area contributed by atoms with Crippen molar-refractivity contribution in [1.29, 1.82) is 0 Å². The molecule has 0 radical (unpaired) electrons. The lowest BCUT2D eigenvalue weighted by molar-refractivity contribution is -0.128. The average molecular weight is 258 g/mol. The van der Waals surface area contributed by atoms with Crippen molar-refractivity contribution in [1.82, 2.24) is 21.7 Å². The highest BCUT2D eigenvalue weighted by molar-refractivity contribution is 5.81. The fourth-order valence-electron chi connectivity index (χ4n) is 1.01. The predicted molar refractivity (Wildman–Crippen MR) is 62.4 cm³/mol. The summed E-state index contributed by atoms with van der Waals surface area (Å²) in [5.74, 6) is -1.32. The molecule has 0 aliphatic carbocycles. The Kier molecular flexibility index (Phi) is 7.91. The summed E-state index contributed by atoms with van der Waals surface area (Å²) in [4.78, 5) is 43.2. The molecule has 18 heavy (non-hydrogen) atoms. The second-order valence-corrected chi connectivity index (χ2v) is 3.67. The Hall–Kier alpha value is -2.12. The Labute approximate surface area is 105 Å². The molecule has 0 heterocycles. The average Bonchev–Trinajstić information content (AvgIpc) is 2.29.